The Kier molecular flexibility index (Phi) is 7.14. The maximum Gasteiger partial charge on any atom is 1.00 e. The Morgan fingerprint density at radius 3 is 1.69 bits per heavy atom. The van der Waals surface area contributed by atoms with Crippen molar-refractivity contribution in [2.24, 2.45) is 0 Å². The Morgan fingerprint density at radius 1 is 1.08 bits per heavy atom. The second-order valence-electron chi connectivity index (χ2n) is 1.58. The number of H-pyrrole nitrogens is 1. The number of nitrogens with one attached hydrogen (secondary N) is 1. The van der Waals surface area contributed by atoms with E-state index in [0.717, 1.165) is 0 Å². The van der Waals surface area contributed by atoms with Crippen molar-refractivity contribution in [1.29, 1.82) is 0 Å². The standard InChI is InChI=1S/C3HCl2N3O3.ClH.Na.H/c4-7-1(9)6-2(10)8(5)3(7)11;;;/h(H,6,9,10);1H;;/q;;+1;-1. The Labute approximate surface area is 111 Å². The molecular formula is C3H3Cl3N3NaO3. The molecule has 10 heteroatoms. The van der Waals surface area contributed by atoms with Crippen LogP contribution >= 0.6 is 36.0 Å². The molecule has 1 heterocycles. The van der Waals surface area contributed by atoms with Crippen LogP contribution in [0.3, 0.4) is 0 Å². The molecule has 1 aromatic rings. The third-order valence-electron chi connectivity index (χ3n) is 0.906. The maximum absolute atomic E-state index is 10.7. The van der Waals surface area contributed by atoms with E-state index in [2.05, 4.69) is 0 Å². The molecule has 0 aliphatic rings. The van der Waals surface area contributed by atoms with Crippen LogP contribution in [0.25, 0.3) is 0 Å². The molecule has 0 atom stereocenters. The zero-order valence-electron chi connectivity index (χ0n) is 7.28. The van der Waals surface area contributed by atoms with Crippen LogP contribution in [0.2, 0.25) is 0 Å². The number of hydrogen-bond donors (Lipinski definition) is 1. The van der Waals surface area contributed by atoms with Gasteiger partial charge in [0.25, 0.3) is 0 Å². The molecule has 0 bridgehead atoms. The Hall–Kier alpha value is 0.280. The van der Waals surface area contributed by atoms with E-state index in [4.69, 9.17) is 23.6 Å². The van der Waals surface area contributed by atoms with Crippen molar-refractivity contribution in [3.8, 4) is 0 Å². The van der Waals surface area contributed by atoms with E-state index >= 15 is 0 Å². The van der Waals surface area contributed by atoms with Crippen LogP contribution in [0.4, 0.5) is 0 Å². The Bertz CT molecular complexity index is 416. The minimum atomic E-state index is -1.10. The van der Waals surface area contributed by atoms with E-state index in [1.165, 1.54) is 0 Å². The van der Waals surface area contributed by atoms with Gasteiger partial charge in [-0.3, -0.25) is 4.98 Å². The van der Waals surface area contributed by atoms with Gasteiger partial charge in [0, 0.05) is 23.6 Å². The summed E-state index contributed by atoms with van der Waals surface area (Å²) in [6, 6.07) is 0. The first-order chi connectivity index (χ1) is 5.04. The first-order valence-electron chi connectivity index (χ1n) is 2.34. The smallest absolute Gasteiger partial charge is 1.00 e. The molecule has 0 fully saturated rings. The van der Waals surface area contributed by atoms with Gasteiger partial charge < -0.3 is 1.43 Å². The Balaban J connectivity index is -0.000000403. The van der Waals surface area contributed by atoms with Crippen LogP contribution in [0.15, 0.2) is 14.4 Å². The van der Waals surface area contributed by atoms with Crippen molar-refractivity contribution >= 4 is 36.0 Å². The first kappa shape index (κ1) is 15.7. The summed E-state index contributed by atoms with van der Waals surface area (Å²) in [6.45, 7) is 0. The van der Waals surface area contributed by atoms with E-state index in [1.807, 2.05) is 0 Å². The topological polar surface area (TPSA) is 76.9 Å². The molecule has 0 aliphatic heterocycles. The molecule has 0 radical (unpaired) electrons. The van der Waals surface area contributed by atoms with Gasteiger partial charge in [0.2, 0.25) is 0 Å². The normalized spacial score (nSPS) is 8.46. The fourth-order valence-electron chi connectivity index (χ4n) is 0.440. The molecule has 13 heavy (non-hydrogen) atoms. The predicted octanol–water partition coefficient (Wildman–Crippen LogP) is -3.76. The van der Waals surface area contributed by atoms with Gasteiger partial charge >= 0.3 is 46.6 Å². The van der Waals surface area contributed by atoms with Crippen molar-refractivity contribution in [2.75, 3.05) is 0 Å². The van der Waals surface area contributed by atoms with E-state index in [0.29, 0.717) is 0 Å². The summed E-state index contributed by atoms with van der Waals surface area (Å²) in [5.74, 6) is 0. The predicted molar refractivity (Wildman–Crippen MR) is 46.4 cm³/mol. The molecule has 1 aromatic heterocycles. The second-order valence-corrected chi connectivity index (χ2v) is 2.26. The molecule has 0 unspecified atom stereocenters. The molecule has 0 amide bonds. The number of aromatic nitrogens is 3. The fourth-order valence-corrected chi connectivity index (χ4v) is 0.715. The van der Waals surface area contributed by atoms with E-state index in [1.54, 1.807) is 4.98 Å². The molecule has 1 rings (SSSR count). The van der Waals surface area contributed by atoms with Crippen molar-refractivity contribution < 1.29 is 31.0 Å². The zero-order chi connectivity index (χ0) is 8.59. The molecule has 6 nitrogen and oxygen atoms in total. The van der Waals surface area contributed by atoms with Crippen molar-refractivity contribution in [3.05, 3.63) is 31.5 Å². The summed E-state index contributed by atoms with van der Waals surface area (Å²) in [5.41, 5.74) is -3.13. The van der Waals surface area contributed by atoms with Gasteiger partial charge in [0.05, 0.1) is 0 Å². The average molecular weight is 258 g/mol. The van der Waals surface area contributed by atoms with Crippen molar-refractivity contribution in [2.45, 2.75) is 0 Å². The van der Waals surface area contributed by atoms with Crippen LogP contribution in [0.1, 0.15) is 1.43 Å². The third kappa shape index (κ3) is 3.16. The maximum atomic E-state index is 10.7. The van der Waals surface area contributed by atoms with Gasteiger partial charge in [-0.2, -0.15) is 0 Å². The largest absolute Gasteiger partial charge is 1.00 e. The van der Waals surface area contributed by atoms with Gasteiger partial charge in [-0.15, -0.1) is 20.6 Å². The van der Waals surface area contributed by atoms with Gasteiger partial charge in [0.1, 0.15) is 0 Å². The molecule has 0 saturated carbocycles. The first-order valence-corrected chi connectivity index (χ1v) is 3.02. The summed E-state index contributed by atoms with van der Waals surface area (Å²) < 4.78 is 0.322. The van der Waals surface area contributed by atoms with Gasteiger partial charge in [-0.25, -0.2) is 14.4 Å². The average Bonchev–Trinajstić information content (AvgIpc) is 1.97. The summed E-state index contributed by atoms with van der Waals surface area (Å²) in [6.07, 6.45) is 0. The van der Waals surface area contributed by atoms with Crippen LogP contribution < -0.4 is 46.6 Å². The molecule has 1 N–H and O–H groups in total. The SMILES string of the molecule is Cl.O=c1[nH]c(=O)n(Cl)c(=O)n1Cl.[H-].[Na+]. The summed E-state index contributed by atoms with van der Waals surface area (Å²) in [4.78, 5) is 33.4. The van der Waals surface area contributed by atoms with Crippen molar-refractivity contribution in [1.82, 2.24) is 13.2 Å². The summed E-state index contributed by atoms with van der Waals surface area (Å²) in [5, 5.41) is 0. The zero-order valence-corrected chi connectivity index (χ0v) is 10.6. The molecule has 0 aromatic carbocycles. The summed E-state index contributed by atoms with van der Waals surface area (Å²) >= 11 is 10.1. The van der Waals surface area contributed by atoms with Crippen LogP contribution in [0, 0.1) is 0 Å². The fraction of sp³-hybridized carbons (Fsp3) is 0. The van der Waals surface area contributed by atoms with Gasteiger partial charge in [0.15, 0.2) is 0 Å². The van der Waals surface area contributed by atoms with E-state index in [9.17, 15) is 14.4 Å². The van der Waals surface area contributed by atoms with Gasteiger partial charge in [-0.1, -0.05) is 0 Å². The molecule has 0 saturated heterocycles. The van der Waals surface area contributed by atoms with Crippen LogP contribution in [-0.2, 0) is 0 Å². The number of rotatable bonds is 0. The molecule has 0 spiro atoms. The number of hydrogen-bond acceptors (Lipinski definition) is 3. The quantitative estimate of drug-likeness (QED) is 0.486. The minimum Gasteiger partial charge on any atom is -1.00 e. The molecule has 0 aliphatic carbocycles. The number of nitrogens with zero attached hydrogens (tertiary/aromatic N) is 2. The van der Waals surface area contributed by atoms with Gasteiger partial charge in [-0.05, 0) is 0 Å². The minimum absolute atomic E-state index is 0. The Morgan fingerprint density at radius 2 is 1.38 bits per heavy atom. The van der Waals surface area contributed by atoms with E-state index in [-0.39, 0.29) is 51.6 Å². The molecule has 70 valence electrons. The van der Waals surface area contributed by atoms with Crippen molar-refractivity contribution in [3.63, 3.8) is 0 Å². The monoisotopic (exact) mass is 257 g/mol. The van der Waals surface area contributed by atoms with Crippen LogP contribution in [0.5, 0.6) is 0 Å². The van der Waals surface area contributed by atoms with Crippen LogP contribution in [-0.4, -0.2) is 13.2 Å². The van der Waals surface area contributed by atoms with E-state index < -0.39 is 17.1 Å². The molecular weight excluding hydrogens is 255 g/mol. The number of halogens is 3. The third-order valence-corrected chi connectivity index (χ3v) is 1.50. The second kappa shape index (κ2) is 5.90. The number of aromatic amines is 1. The summed E-state index contributed by atoms with van der Waals surface area (Å²) in [7, 11) is 0.